The molecule has 0 aromatic heterocycles. The van der Waals surface area contributed by atoms with Gasteiger partial charge in [-0.15, -0.1) is 0 Å². The normalized spacial score (nSPS) is 9.30. The highest BCUT2D eigenvalue weighted by molar-refractivity contribution is 5.65. The van der Waals surface area contributed by atoms with Gasteiger partial charge in [0.15, 0.2) is 5.82 Å². The van der Waals surface area contributed by atoms with E-state index in [0.717, 1.165) is 0 Å². The van der Waals surface area contributed by atoms with Crippen molar-refractivity contribution in [2.24, 2.45) is 4.99 Å². The monoisotopic (exact) mass is 138 g/mol. The van der Waals surface area contributed by atoms with E-state index < -0.39 is 5.82 Å². The van der Waals surface area contributed by atoms with Gasteiger partial charge in [0, 0.05) is 0 Å². The summed E-state index contributed by atoms with van der Waals surface area (Å²) in [5.74, 6) is -0.435. The van der Waals surface area contributed by atoms with Crippen molar-refractivity contribution in [1.29, 1.82) is 0 Å². The van der Waals surface area contributed by atoms with Crippen LogP contribution in [-0.2, 0) is 0 Å². The summed E-state index contributed by atoms with van der Waals surface area (Å²) in [6.07, 6.45) is 0. The molecule has 0 heterocycles. The van der Waals surface area contributed by atoms with E-state index >= 15 is 0 Å². The number of hydrogen-bond donors (Lipinski definition) is 1. The van der Waals surface area contributed by atoms with Crippen molar-refractivity contribution in [1.82, 2.24) is 0 Å². The fraction of sp³-hybridized carbons (Fsp3) is 0. The van der Waals surface area contributed by atoms with Crippen molar-refractivity contribution in [2.45, 2.75) is 0 Å². The Balaban J connectivity index is 3.30. The van der Waals surface area contributed by atoms with E-state index in [1.807, 2.05) is 0 Å². The van der Waals surface area contributed by atoms with E-state index in [4.69, 9.17) is 5.73 Å². The second kappa shape index (κ2) is 2.47. The van der Waals surface area contributed by atoms with Crippen molar-refractivity contribution in [3.05, 3.63) is 24.0 Å². The number of rotatable bonds is 1. The average molecular weight is 138 g/mol. The Morgan fingerprint density at radius 1 is 1.50 bits per heavy atom. The second-order valence-electron chi connectivity index (χ2n) is 1.84. The number of hydrogen-bond acceptors (Lipinski definition) is 2. The second-order valence-corrected chi connectivity index (χ2v) is 1.84. The van der Waals surface area contributed by atoms with Crippen LogP contribution in [0.25, 0.3) is 0 Å². The topological polar surface area (TPSA) is 38.4 Å². The van der Waals surface area contributed by atoms with Gasteiger partial charge < -0.3 is 5.73 Å². The first-order valence-corrected chi connectivity index (χ1v) is 2.76. The standard InChI is InChI=1S/C7H7FN2/c1-10-7-5(8)3-2-4-6(7)9/h2-4H,1,9H2. The highest BCUT2D eigenvalue weighted by Crippen LogP contribution is 2.23. The molecule has 0 bridgehead atoms. The lowest BCUT2D eigenvalue weighted by atomic mass is 10.2. The summed E-state index contributed by atoms with van der Waals surface area (Å²) in [4.78, 5) is 3.42. The van der Waals surface area contributed by atoms with Crippen LogP contribution in [0.3, 0.4) is 0 Å². The molecule has 0 saturated heterocycles. The summed E-state index contributed by atoms with van der Waals surface area (Å²) in [5.41, 5.74) is 5.80. The Bertz CT molecular complexity index is 238. The van der Waals surface area contributed by atoms with E-state index in [1.54, 1.807) is 6.07 Å². The molecule has 0 atom stereocenters. The molecule has 0 amide bonds. The largest absolute Gasteiger partial charge is 0.397 e. The number of benzene rings is 1. The number of para-hydroxylation sites is 1. The molecule has 0 fully saturated rings. The number of nitrogens with zero attached hydrogens (tertiary/aromatic N) is 1. The van der Waals surface area contributed by atoms with Crippen LogP contribution in [0, 0.1) is 5.82 Å². The minimum atomic E-state index is -0.435. The Labute approximate surface area is 58.2 Å². The molecule has 0 spiro atoms. The molecule has 2 N–H and O–H groups in total. The highest BCUT2D eigenvalue weighted by atomic mass is 19.1. The lowest BCUT2D eigenvalue weighted by molar-refractivity contribution is 0.631. The molecule has 1 aromatic rings. The third-order valence-electron chi connectivity index (χ3n) is 1.18. The molecule has 1 rings (SSSR count). The quantitative estimate of drug-likeness (QED) is 0.466. The van der Waals surface area contributed by atoms with E-state index in [9.17, 15) is 4.39 Å². The molecule has 1 aromatic carbocycles. The molecular weight excluding hydrogens is 131 g/mol. The van der Waals surface area contributed by atoms with Gasteiger partial charge in [-0.2, -0.15) is 0 Å². The van der Waals surface area contributed by atoms with Gasteiger partial charge in [-0.3, -0.25) is 4.99 Å². The van der Waals surface area contributed by atoms with Crippen LogP contribution in [0.1, 0.15) is 0 Å². The fourth-order valence-corrected chi connectivity index (χ4v) is 0.699. The van der Waals surface area contributed by atoms with Gasteiger partial charge in [-0.1, -0.05) is 6.07 Å². The lowest BCUT2D eigenvalue weighted by Crippen LogP contribution is -1.86. The van der Waals surface area contributed by atoms with Crippen molar-refractivity contribution >= 4 is 18.1 Å². The molecule has 10 heavy (non-hydrogen) atoms. The molecule has 0 aliphatic heterocycles. The number of nitrogen functional groups attached to an aromatic ring is 1. The Hall–Kier alpha value is -1.38. The first-order valence-electron chi connectivity index (χ1n) is 2.76. The van der Waals surface area contributed by atoms with Crippen LogP contribution < -0.4 is 5.73 Å². The van der Waals surface area contributed by atoms with Gasteiger partial charge in [0.25, 0.3) is 0 Å². The number of aliphatic imine (C=N–C) groups is 1. The van der Waals surface area contributed by atoms with Crippen molar-refractivity contribution in [3.63, 3.8) is 0 Å². The van der Waals surface area contributed by atoms with E-state index in [0.29, 0.717) is 5.69 Å². The zero-order valence-corrected chi connectivity index (χ0v) is 5.34. The summed E-state index contributed by atoms with van der Waals surface area (Å²) in [5, 5.41) is 0. The molecule has 0 aliphatic carbocycles. The Kier molecular flexibility index (Phi) is 1.67. The third-order valence-corrected chi connectivity index (χ3v) is 1.18. The summed E-state index contributed by atoms with van der Waals surface area (Å²) in [6.45, 7) is 3.18. The summed E-state index contributed by atoms with van der Waals surface area (Å²) in [7, 11) is 0. The first-order chi connectivity index (χ1) is 4.75. The molecule has 2 nitrogen and oxygen atoms in total. The maximum absolute atomic E-state index is 12.6. The molecular formula is C7H7FN2. The van der Waals surface area contributed by atoms with Gasteiger partial charge >= 0.3 is 0 Å². The molecule has 0 radical (unpaired) electrons. The van der Waals surface area contributed by atoms with Gasteiger partial charge in [0.2, 0.25) is 0 Å². The third kappa shape index (κ3) is 0.978. The minimum Gasteiger partial charge on any atom is -0.397 e. The average Bonchev–Trinajstić information content (AvgIpc) is 1.88. The maximum atomic E-state index is 12.6. The molecule has 0 aliphatic rings. The van der Waals surface area contributed by atoms with Crippen LogP contribution in [0.15, 0.2) is 23.2 Å². The zero-order chi connectivity index (χ0) is 7.56. The van der Waals surface area contributed by atoms with Crippen molar-refractivity contribution < 1.29 is 4.39 Å². The highest BCUT2D eigenvalue weighted by Gasteiger charge is 2.00. The molecule has 52 valence electrons. The summed E-state index contributed by atoms with van der Waals surface area (Å²) in [6, 6.07) is 4.40. The predicted octanol–water partition coefficient (Wildman–Crippen LogP) is 1.74. The minimum absolute atomic E-state index is 0.127. The summed E-state index contributed by atoms with van der Waals surface area (Å²) >= 11 is 0. The zero-order valence-electron chi connectivity index (χ0n) is 5.34. The van der Waals surface area contributed by atoms with Crippen LogP contribution in [0.2, 0.25) is 0 Å². The van der Waals surface area contributed by atoms with Crippen LogP contribution >= 0.6 is 0 Å². The van der Waals surface area contributed by atoms with Crippen LogP contribution in [0.4, 0.5) is 15.8 Å². The lowest BCUT2D eigenvalue weighted by Gasteiger charge is -1.97. The maximum Gasteiger partial charge on any atom is 0.150 e. The van der Waals surface area contributed by atoms with Gasteiger partial charge in [-0.25, -0.2) is 4.39 Å². The number of nitrogens with two attached hydrogens (primary N) is 1. The smallest absolute Gasteiger partial charge is 0.150 e. The first kappa shape index (κ1) is 6.74. The predicted molar refractivity (Wildman–Crippen MR) is 40.0 cm³/mol. The van der Waals surface area contributed by atoms with Crippen LogP contribution in [-0.4, -0.2) is 6.72 Å². The summed E-state index contributed by atoms with van der Waals surface area (Å²) < 4.78 is 12.6. The SMILES string of the molecule is C=Nc1c(N)cccc1F. The van der Waals surface area contributed by atoms with Crippen molar-refractivity contribution in [2.75, 3.05) is 5.73 Å². The molecule has 3 heteroatoms. The number of halogens is 1. The van der Waals surface area contributed by atoms with Gasteiger partial charge in [-0.05, 0) is 18.9 Å². The molecule has 0 unspecified atom stereocenters. The van der Waals surface area contributed by atoms with Crippen LogP contribution in [0.5, 0.6) is 0 Å². The van der Waals surface area contributed by atoms with E-state index in [2.05, 4.69) is 11.7 Å². The van der Waals surface area contributed by atoms with Crippen molar-refractivity contribution in [3.8, 4) is 0 Å². The van der Waals surface area contributed by atoms with Gasteiger partial charge in [0.1, 0.15) is 5.69 Å². The fourth-order valence-electron chi connectivity index (χ4n) is 0.699. The van der Waals surface area contributed by atoms with E-state index in [1.165, 1.54) is 12.1 Å². The molecule has 0 saturated carbocycles. The Morgan fingerprint density at radius 3 is 2.60 bits per heavy atom. The van der Waals surface area contributed by atoms with Gasteiger partial charge in [0.05, 0.1) is 5.69 Å². The number of anilines is 1. The Morgan fingerprint density at radius 2 is 2.20 bits per heavy atom. The van der Waals surface area contributed by atoms with E-state index in [-0.39, 0.29) is 5.69 Å².